The van der Waals surface area contributed by atoms with Crippen molar-refractivity contribution in [3.05, 3.63) is 52.2 Å². The van der Waals surface area contributed by atoms with E-state index in [1.165, 1.54) is 29.4 Å². The lowest BCUT2D eigenvalue weighted by Gasteiger charge is -2.31. The predicted octanol–water partition coefficient (Wildman–Crippen LogP) is 3.17. The first-order valence-electron chi connectivity index (χ1n) is 10.2. The van der Waals surface area contributed by atoms with Gasteiger partial charge in [-0.2, -0.15) is 0 Å². The van der Waals surface area contributed by atoms with Crippen molar-refractivity contribution in [2.45, 2.75) is 31.7 Å². The second-order valence-electron chi connectivity index (χ2n) is 7.83. The molecule has 1 aromatic heterocycles. The average molecular weight is 487 g/mol. The van der Waals surface area contributed by atoms with E-state index in [1.54, 1.807) is 6.07 Å². The number of hydrogen-bond acceptors (Lipinski definition) is 9. The van der Waals surface area contributed by atoms with Gasteiger partial charge >= 0.3 is 0 Å². The molecule has 0 atom stereocenters. The summed E-state index contributed by atoms with van der Waals surface area (Å²) < 4.78 is 34.7. The summed E-state index contributed by atoms with van der Waals surface area (Å²) in [5, 5.41) is 25.8. The normalized spacial score (nSPS) is 13.7. The molecule has 0 amide bonds. The summed E-state index contributed by atoms with van der Waals surface area (Å²) in [5.74, 6) is -1.42. The van der Waals surface area contributed by atoms with Crippen molar-refractivity contribution >= 4 is 34.1 Å². The summed E-state index contributed by atoms with van der Waals surface area (Å²) in [6.07, 6.45) is 1.91. The number of aliphatic hydroxyl groups excluding tert-OH is 2. The van der Waals surface area contributed by atoms with Gasteiger partial charge < -0.3 is 29.9 Å². The Hall–Kier alpha value is -1.92. The van der Waals surface area contributed by atoms with Gasteiger partial charge in [-0.25, -0.2) is 13.8 Å². The Morgan fingerprint density at radius 2 is 2.09 bits per heavy atom. The number of thiazole rings is 1. The third-order valence-corrected chi connectivity index (χ3v) is 6.66. The third-order valence-electron chi connectivity index (χ3n) is 4.56. The highest BCUT2D eigenvalue weighted by Crippen LogP contribution is 2.36. The van der Waals surface area contributed by atoms with E-state index >= 15 is 0 Å². The summed E-state index contributed by atoms with van der Waals surface area (Å²) in [6.45, 7) is 5.50. The van der Waals surface area contributed by atoms with Crippen molar-refractivity contribution in [1.29, 1.82) is 0 Å². The van der Waals surface area contributed by atoms with Crippen molar-refractivity contribution in [1.82, 2.24) is 14.6 Å². The fraction of sp³-hybridized carbons (Fsp3) is 0.476. The maximum atomic E-state index is 14.0. The highest BCUT2D eigenvalue weighted by molar-refractivity contribution is 7.96. The van der Waals surface area contributed by atoms with Crippen LogP contribution in [0, 0.1) is 11.6 Å². The van der Waals surface area contributed by atoms with E-state index in [1.807, 2.05) is 24.4 Å². The molecule has 0 aliphatic carbocycles. The highest BCUT2D eigenvalue weighted by Gasteiger charge is 2.27. The average Bonchev–Trinajstić information content (AvgIpc) is 3.18. The Labute approximate surface area is 194 Å². The fourth-order valence-corrected chi connectivity index (χ4v) is 4.81. The number of anilines is 1. The van der Waals surface area contributed by atoms with Crippen LogP contribution in [0.5, 0.6) is 0 Å². The van der Waals surface area contributed by atoms with Crippen LogP contribution in [0.2, 0.25) is 0 Å². The number of nitrogens with one attached hydrogen (secondary N) is 2. The second-order valence-corrected chi connectivity index (χ2v) is 9.84. The number of ether oxygens (including phenoxy) is 1. The van der Waals surface area contributed by atoms with Crippen LogP contribution in [0.25, 0.3) is 5.70 Å². The van der Waals surface area contributed by atoms with E-state index in [2.05, 4.69) is 15.6 Å². The van der Waals surface area contributed by atoms with Crippen molar-refractivity contribution in [3.63, 3.8) is 0 Å². The molecule has 1 aliphatic heterocycles. The van der Waals surface area contributed by atoms with E-state index < -0.39 is 17.2 Å². The number of aliphatic hydroxyl groups is 2. The zero-order valence-electron chi connectivity index (χ0n) is 18.0. The van der Waals surface area contributed by atoms with Gasteiger partial charge in [-0.05, 0) is 31.9 Å². The van der Waals surface area contributed by atoms with E-state index in [9.17, 15) is 13.9 Å². The zero-order chi connectivity index (χ0) is 23.1. The minimum absolute atomic E-state index is 0.0148. The van der Waals surface area contributed by atoms with Gasteiger partial charge in [-0.3, -0.25) is 0 Å². The molecule has 0 saturated heterocycles. The first-order chi connectivity index (χ1) is 15.3. The molecule has 1 aliphatic rings. The molecule has 4 N–H and O–H groups in total. The van der Waals surface area contributed by atoms with Gasteiger partial charge in [0.15, 0.2) is 16.8 Å². The molecule has 0 spiro atoms. The molecule has 3 rings (SSSR count). The van der Waals surface area contributed by atoms with E-state index in [4.69, 9.17) is 9.84 Å². The van der Waals surface area contributed by atoms with Gasteiger partial charge in [-0.1, -0.05) is 23.5 Å². The number of halogens is 2. The van der Waals surface area contributed by atoms with Gasteiger partial charge in [0.25, 0.3) is 0 Å². The van der Waals surface area contributed by atoms with Crippen LogP contribution in [0.15, 0.2) is 24.4 Å². The third kappa shape index (κ3) is 6.55. The molecule has 2 aromatic rings. The van der Waals surface area contributed by atoms with Crippen LogP contribution >= 0.6 is 23.3 Å². The lowest BCUT2D eigenvalue weighted by atomic mass is 10.1. The number of rotatable bonds is 12. The minimum atomic E-state index is -0.857. The molecule has 176 valence electrons. The monoisotopic (exact) mass is 486 g/mol. The Morgan fingerprint density at radius 3 is 2.84 bits per heavy atom. The van der Waals surface area contributed by atoms with Crippen LogP contribution in [0.4, 0.5) is 13.9 Å². The first kappa shape index (κ1) is 24.7. The van der Waals surface area contributed by atoms with Gasteiger partial charge in [0.1, 0.15) is 0 Å². The Balaban J connectivity index is 1.73. The maximum absolute atomic E-state index is 14.0. The van der Waals surface area contributed by atoms with Gasteiger partial charge in [0, 0.05) is 24.1 Å². The zero-order valence-corrected chi connectivity index (χ0v) is 19.7. The van der Waals surface area contributed by atoms with Crippen LogP contribution in [0.1, 0.15) is 30.0 Å². The maximum Gasteiger partial charge on any atom is 0.183 e. The van der Waals surface area contributed by atoms with Gasteiger partial charge in [0.2, 0.25) is 0 Å². The quantitative estimate of drug-likeness (QED) is 0.269. The topological polar surface area (TPSA) is 89.9 Å². The molecule has 0 radical (unpaired) electrons. The van der Waals surface area contributed by atoms with Crippen molar-refractivity contribution in [2.75, 3.05) is 38.3 Å². The molecule has 2 heterocycles. The van der Waals surface area contributed by atoms with Crippen LogP contribution in [0.3, 0.4) is 0 Å². The molecule has 7 nitrogen and oxygen atoms in total. The Morgan fingerprint density at radius 1 is 1.28 bits per heavy atom. The van der Waals surface area contributed by atoms with Crippen LogP contribution in [-0.2, 0) is 17.0 Å². The number of fused-ring (bicyclic) bond motifs is 1. The van der Waals surface area contributed by atoms with Gasteiger partial charge in [0.05, 0.1) is 54.8 Å². The minimum Gasteiger partial charge on any atom is -0.394 e. The van der Waals surface area contributed by atoms with Gasteiger partial charge in [-0.15, -0.1) is 0 Å². The highest BCUT2D eigenvalue weighted by atomic mass is 32.2. The molecule has 0 fully saturated rings. The van der Waals surface area contributed by atoms with E-state index in [0.29, 0.717) is 31.9 Å². The molecular formula is C21H28F2N4O3S2. The molecule has 0 saturated carbocycles. The largest absolute Gasteiger partial charge is 0.394 e. The van der Waals surface area contributed by atoms with Crippen molar-refractivity contribution < 1.29 is 23.7 Å². The van der Waals surface area contributed by atoms with E-state index in [-0.39, 0.29) is 19.0 Å². The number of aromatic nitrogens is 1. The van der Waals surface area contributed by atoms with Crippen LogP contribution < -0.4 is 10.6 Å². The Kier molecular flexibility index (Phi) is 8.72. The van der Waals surface area contributed by atoms with Crippen LogP contribution in [-0.4, -0.2) is 58.0 Å². The number of nitrogens with zero attached hydrogens (tertiary/aromatic N) is 2. The number of benzene rings is 1. The summed E-state index contributed by atoms with van der Waals surface area (Å²) >= 11 is 2.85. The molecule has 32 heavy (non-hydrogen) atoms. The molecule has 0 unspecified atom stereocenters. The molecular weight excluding hydrogens is 458 g/mol. The smallest absolute Gasteiger partial charge is 0.183 e. The van der Waals surface area contributed by atoms with Crippen molar-refractivity contribution in [3.8, 4) is 0 Å². The summed E-state index contributed by atoms with van der Waals surface area (Å²) in [5.41, 5.74) is 1.39. The Bertz CT molecular complexity index is 940. The summed E-state index contributed by atoms with van der Waals surface area (Å²) in [7, 11) is 0. The van der Waals surface area contributed by atoms with Crippen molar-refractivity contribution in [2.24, 2.45) is 0 Å². The first-order valence-corrected chi connectivity index (χ1v) is 11.9. The van der Waals surface area contributed by atoms with E-state index in [0.717, 1.165) is 27.5 Å². The standard InChI is InChI=1S/C21H28F2N4O3S2/c1-21(2,13-29)26-17-11-27(31-12-14-4-3-5-15(22)18(14)23)10-16-19(17)32-20(25-16)24-6-8-30-9-7-28/h3-5,11,26,28-29H,6-10,12-13H2,1-2H3,(H,24,25). The fourth-order valence-electron chi connectivity index (χ4n) is 2.93. The molecule has 0 bridgehead atoms. The second kappa shape index (κ2) is 11.3. The SMILES string of the molecule is CC(C)(CO)NC1=CN(SCc2cccc(F)c2F)Cc2nc(NCCOCCO)sc21. The molecule has 11 heteroatoms. The predicted molar refractivity (Wildman–Crippen MR) is 124 cm³/mol. The summed E-state index contributed by atoms with van der Waals surface area (Å²) in [6, 6.07) is 4.17. The number of hydrogen-bond donors (Lipinski definition) is 4. The lowest BCUT2D eigenvalue weighted by Crippen LogP contribution is -2.42. The molecule has 1 aromatic carbocycles. The lowest BCUT2D eigenvalue weighted by molar-refractivity contribution is 0.0992. The summed E-state index contributed by atoms with van der Waals surface area (Å²) in [4.78, 5) is 5.64.